The Morgan fingerprint density at radius 2 is 1.89 bits per heavy atom. The van der Waals surface area contributed by atoms with Gasteiger partial charge < -0.3 is 4.74 Å². The summed E-state index contributed by atoms with van der Waals surface area (Å²) in [4.78, 5) is 4.18. The fraction of sp³-hybridized carbons (Fsp3) is 0. The minimum absolute atomic E-state index is 0.481. The molecule has 2 heterocycles. The zero-order valence-corrected chi connectivity index (χ0v) is 10.4. The maximum Gasteiger partial charge on any atom is 0.219 e. The van der Waals surface area contributed by atoms with Crippen LogP contribution >= 0.6 is 11.6 Å². The lowest BCUT2D eigenvalue weighted by Gasteiger charge is -2.04. The first-order valence-corrected chi connectivity index (χ1v) is 5.82. The van der Waals surface area contributed by atoms with Crippen molar-refractivity contribution >= 4 is 11.6 Å². The van der Waals surface area contributed by atoms with Gasteiger partial charge in [0, 0.05) is 22.8 Å². The Bertz CT molecular complexity index is 652. The molecule has 2 aromatic heterocycles. The van der Waals surface area contributed by atoms with Crippen LogP contribution in [0.1, 0.15) is 0 Å². The topological polar surface area (TPSA) is 76.6 Å². The van der Waals surface area contributed by atoms with Gasteiger partial charge in [0.25, 0.3) is 0 Å². The Labute approximate surface area is 113 Å². The van der Waals surface area contributed by atoms with Crippen LogP contribution in [-0.4, -0.2) is 25.6 Å². The zero-order chi connectivity index (χ0) is 13.1. The first-order chi connectivity index (χ1) is 9.31. The number of rotatable bonds is 3. The van der Waals surface area contributed by atoms with Crippen LogP contribution in [0.4, 0.5) is 0 Å². The van der Waals surface area contributed by atoms with Crippen LogP contribution in [0.5, 0.6) is 11.6 Å². The van der Waals surface area contributed by atoms with Gasteiger partial charge in [-0.2, -0.15) is 5.21 Å². The maximum atomic E-state index is 5.80. The molecule has 0 bridgehead atoms. The molecule has 0 radical (unpaired) electrons. The Balaban J connectivity index is 1.77. The summed E-state index contributed by atoms with van der Waals surface area (Å²) in [6.45, 7) is 0. The molecular formula is C12H8ClN5O. The molecule has 0 saturated heterocycles. The lowest BCUT2D eigenvalue weighted by molar-refractivity contribution is 0.463. The number of tetrazole rings is 1. The second kappa shape index (κ2) is 5.03. The molecule has 0 saturated carbocycles. The normalized spacial score (nSPS) is 10.4. The van der Waals surface area contributed by atoms with E-state index < -0.39 is 0 Å². The molecule has 0 spiro atoms. The van der Waals surface area contributed by atoms with E-state index in [0.717, 1.165) is 5.56 Å². The average Bonchev–Trinajstić information content (AvgIpc) is 2.96. The number of ether oxygens (including phenoxy) is 1. The first-order valence-electron chi connectivity index (χ1n) is 5.44. The number of pyridine rings is 1. The fourth-order valence-electron chi connectivity index (χ4n) is 1.48. The molecule has 0 atom stereocenters. The third-order valence-electron chi connectivity index (χ3n) is 2.38. The van der Waals surface area contributed by atoms with Crippen molar-refractivity contribution in [3.05, 3.63) is 47.6 Å². The summed E-state index contributed by atoms with van der Waals surface area (Å²) in [5.74, 6) is 1.64. The van der Waals surface area contributed by atoms with E-state index in [1.165, 1.54) is 0 Å². The van der Waals surface area contributed by atoms with Gasteiger partial charge in [-0.15, -0.1) is 10.2 Å². The third-order valence-corrected chi connectivity index (χ3v) is 2.63. The highest BCUT2D eigenvalue weighted by Gasteiger charge is 2.04. The molecule has 0 amide bonds. The molecule has 19 heavy (non-hydrogen) atoms. The molecule has 0 aliphatic heterocycles. The molecule has 1 N–H and O–H groups in total. The number of H-pyrrole nitrogens is 1. The monoisotopic (exact) mass is 273 g/mol. The maximum absolute atomic E-state index is 5.80. The summed E-state index contributed by atoms with van der Waals surface area (Å²) in [5, 5.41) is 14.3. The quantitative estimate of drug-likeness (QED) is 0.794. The molecule has 0 aliphatic carbocycles. The van der Waals surface area contributed by atoms with Crippen molar-refractivity contribution in [2.24, 2.45) is 0 Å². The van der Waals surface area contributed by atoms with E-state index in [1.54, 1.807) is 36.5 Å². The Hall–Kier alpha value is -2.47. The highest BCUT2D eigenvalue weighted by Crippen LogP contribution is 2.22. The lowest BCUT2D eigenvalue weighted by atomic mass is 10.3. The number of hydrogen-bond acceptors (Lipinski definition) is 5. The van der Waals surface area contributed by atoms with E-state index in [1.807, 2.05) is 6.07 Å². The molecule has 1 aromatic carbocycles. The van der Waals surface area contributed by atoms with E-state index >= 15 is 0 Å². The molecule has 6 nitrogen and oxygen atoms in total. The van der Waals surface area contributed by atoms with Gasteiger partial charge in [0.2, 0.25) is 11.7 Å². The number of hydrogen-bond donors (Lipinski definition) is 1. The van der Waals surface area contributed by atoms with Crippen LogP contribution in [0.3, 0.4) is 0 Å². The fourth-order valence-corrected chi connectivity index (χ4v) is 1.61. The molecule has 7 heteroatoms. The molecule has 3 rings (SSSR count). The van der Waals surface area contributed by atoms with Gasteiger partial charge in [-0.3, -0.25) is 0 Å². The van der Waals surface area contributed by atoms with Gasteiger partial charge in [0.15, 0.2) is 0 Å². The summed E-state index contributed by atoms with van der Waals surface area (Å²) < 4.78 is 5.57. The van der Waals surface area contributed by atoms with Crippen LogP contribution < -0.4 is 4.74 Å². The first kappa shape index (κ1) is 11.6. The predicted molar refractivity (Wildman–Crippen MR) is 68.9 cm³/mol. The zero-order valence-electron chi connectivity index (χ0n) is 9.62. The summed E-state index contributed by atoms with van der Waals surface area (Å²) in [6, 6.07) is 10.6. The Kier molecular flexibility index (Phi) is 3.07. The van der Waals surface area contributed by atoms with Crippen LogP contribution in [0, 0.1) is 0 Å². The van der Waals surface area contributed by atoms with Crippen LogP contribution in [0.25, 0.3) is 11.4 Å². The highest BCUT2D eigenvalue weighted by molar-refractivity contribution is 6.30. The van der Waals surface area contributed by atoms with Gasteiger partial charge in [-0.1, -0.05) is 11.6 Å². The summed E-state index contributed by atoms with van der Waals surface area (Å²) in [6.07, 6.45) is 1.62. The van der Waals surface area contributed by atoms with E-state index in [4.69, 9.17) is 16.3 Å². The number of halogens is 1. The standard InChI is InChI=1S/C12H8ClN5O/c13-9-2-4-10(5-3-9)19-11-6-1-8(7-14-11)12-15-17-18-16-12/h1-7H,(H,15,16,17,18). The predicted octanol–water partition coefficient (Wildman–Crippen LogP) is 2.71. The van der Waals surface area contributed by atoms with Crippen LogP contribution in [0.15, 0.2) is 42.6 Å². The Morgan fingerprint density at radius 3 is 2.53 bits per heavy atom. The minimum atomic E-state index is 0.481. The molecule has 0 unspecified atom stereocenters. The van der Waals surface area contributed by atoms with Crippen molar-refractivity contribution in [2.45, 2.75) is 0 Å². The number of aromatic nitrogens is 5. The van der Waals surface area contributed by atoms with E-state index in [9.17, 15) is 0 Å². The number of aromatic amines is 1. The van der Waals surface area contributed by atoms with Crippen molar-refractivity contribution in [1.82, 2.24) is 25.6 Å². The van der Waals surface area contributed by atoms with Crippen molar-refractivity contribution in [2.75, 3.05) is 0 Å². The summed E-state index contributed by atoms with van der Waals surface area (Å²) >= 11 is 5.80. The van der Waals surface area contributed by atoms with Gasteiger partial charge in [0.1, 0.15) is 5.75 Å². The molecule has 3 aromatic rings. The van der Waals surface area contributed by atoms with Crippen molar-refractivity contribution < 1.29 is 4.74 Å². The van der Waals surface area contributed by atoms with Crippen LogP contribution in [-0.2, 0) is 0 Å². The van der Waals surface area contributed by atoms with Crippen molar-refractivity contribution in [3.8, 4) is 23.0 Å². The minimum Gasteiger partial charge on any atom is -0.439 e. The molecule has 0 fully saturated rings. The van der Waals surface area contributed by atoms with Gasteiger partial charge in [-0.25, -0.2) is 4.98 Å². The van der Waals surface area contributed by atoms with Crippen LogP contribution in [0.2, 0.25) is 5.02 Å². The van der Waals surface area contributed by atoms with Gasteiger partial charge in [0.05, 0.1) is 0 Å². The molecule has 0 aliphatic rings. The van der Waals surface area contributed by atoms with Gasteiger partial charge in [-0.05, 0) is 35.5 Å². The lowest BCUT2D eigenvalue weighted by Crippen LogP contribution is -1.89. The second-order valence-corrected chi connectivity index (χ2v) is 4.11. The smallest absolute Gasteiger partial charge is 0.219 e. The number of nitrogens with one attached hydrogen (secondary N) is 1. The number of nitrogens with zero attached hydrogens (tertiary/aromatic N) is 4. The van der Waals surface area contributed by atoms with E-state index in [2.05, 4.69) is 25.6 Å². The van der Waals surface area contributed by atoms with Crippen molar-refractivity contribution in [3.63, 3.8) is 0 Å². The summed E-state index contributed by atoms with van der Waals surface area (Å²) in [5.41, 5.74) is 0.761. The molecule has 94 valence electrons. The van der Waals surface area contributed by atoms with Gasteiger partial charge >= 0.3 is 0 Å². The summed E-state index contributed by atoms with van der Waals surface area (Å²) in [7, 11) is 0. The largest absolute Gasteiger partial charge is 0.439 e. The van der Waals surface area contributed by atoms with E-state index in [0.29, 0.717) is 22.5 Å². The average molecular weight is 274 g/mol. The highest BCUT2D eigenvalue weighted by atomic mass is 35.5. The SMILES string of the molecule is Clc1ccc(Oc2ccc(-c3nn[nH]n3)cn2)cc1. The second-order valence-electron chi connectivity index (χ2n) is 3.68. The third kappa shape index (κ3) is 2.69. The van der Waals surface area contributed by atoms with E-state index in [-0.39, 0.29) is 0 Å². The van der Waals surface area contributed by atoms with Crippen molar-refractivity contribution in [1.29, 1.82) is 0 Å². The molecular weight excluding hydrogens is 266 g/mol. The number of benzene rings is 1. The Morgan fingerprint density at radius 1 is 1.05 bits per heavy atom.